The molecular formula is C19H15FN4S. The van der Waals surface area contributed by atoms with Crippen LogP contribution in [0.15, 0.2) is 54.0 Å². The van der Waals surface area contributed by atoms with Gasteiger partial charge in [-0.2, -0.15) is 0 Å². The molecule has 0 fully saturated rings. The number of fused-ring (bicyclic) bond motifs is 1. The molecule has 0 unspecified atom stereocenters. The van der Waals surface area contributed by atoms with Gasteiger partial charge in [0.05, 0.1) is 5.39 Å². The molecule has 124 valence electrons. The van der Waals surface area contributed by atoms with Crippen molar-refractivity contribution in [1.29, 1.82) is 0 Å². The fraction of sp³-hybridized carbons (Fsp3) is 0.105. The minimum absolute atomic E-state index is 0.237. The summed E-state index contributed by atoms with van der Waals surface area (Å²) < 4.78 is 13.1. The molecule has 0 atom stereocenters. The van der Waals surface area contributed by atoms with E-state index in [1.165, 1.54) is 12.1 Å². The minimum atomic E-state index is -0.237. The Morgan fingerprint density at radius 3 is 2.68 bits per heavy atom. The molecule has 0 aliphatic carbocycles. The van der Waals surface area contributed by atoms with Gasteiger partial charge in [-0.15, -0.1) is 11.3 Å². The van der Waals surface area contributed by atoms with Gasteiger partial charge in [0.2, 0.25) is 0 Å². The summed E-state index contributed by atoms with van der Waals surface area (Å²) >= 11 is 1.59. The van der Waals surface area contributed by atoms with Gasteiger partial charge in [0.15, 0.2) is 5.82 Å². The van der Waals surface area contributed by atoms with Crippen LogP contribution in [0.4, 0.5) is 10.2 Å². The molecule has 1 N–H and O–H groups in total. The van der Waals surface area contributed by atoms with Gasteiger partial charge in [-0.3, -0.25) is 4.98 Å². The second-order valence-electron chi connectivity index (χ2n) is 5.69. The van der Waals surface area contributed by atoms with Crippen LogP contribution in [0, 0.1) is 12.7 Å². The van der Waals surface area contributed by atoms with E-state index in [9.17, 15) is 4.39 Å². The number of benzene rings is 1. The van der Waals surface area contributed by atoms with Gasteiger partial charge in [-0.05, 0) is 47.7 Å². The molecule has 0 saturated carbocycles. The van der Waals surface area contributed by atoms with Gasteiger partial charge in [-0.1, -0.05) is 18.2 Å². The molecule has 3 aromatic heterocycles. The maximum atomic E-state index is 13.1. The summed E-state index contributed by atoms with van der Waals surface area (Å²) in [6, 6.07) is 12.1. The minimum Gasteiger partial charge on any atom is -0.365 e. The largest absolute Gasteiger partial charge is 0.365 e. The van der Waals surface area contributed by atoms with Crippen molar-refractivity contribution in [2.45, 2.75) is 13.5 Å². The Kier molecular flexibility index (Phi) is 4.11. The molecule has 0 aliphatic rings. The first kappa shape index (κ1) is 15.7. The monoisotopic (exact) mass is 350 g/mol. The number of rotatable bonds is 4. The molecular weight excluding hydrogens is 335 g/mol. The third-order valence-electron chi connectivity index (χ3n) is 3.88. The number of hydrogen-bond acceptors (Lipinski definition) is 5. The van der Waals surface area contributed by atoms with E-state index in [-0.39, 0.29) is 5.82 Å². The summed E-state index contributed by atoms with van der Waals surface area (Å²) in [6.45, 7) is 2.61. The quantitative estimate of drug-likeness (QED) is 0.574. The van der Waals surface area contributed by atoms with Crippen molar-refractivity contribution in [3.63, 3.8) is 0 Å². The van der Waals surface area contributed by atoms with Crippen molar-refractivity contribution in [2.24, 2.45) is 0 Å². The van der Waals surface area contributed by atoms with Gasteiger partial charge in [0.25, 0.3) is 0 Å². The highest BCUT2D eigenvalue weighted by Gasteiger charge is 2.13. The van der Waals surface area contributed by atoms with Crippen molar-refractivity contribution in [3.05, 3.63) is 71.0 Å². The van der Waals surface area contributed by atoms with Crippen LogP contribution in [0.2, 0.25) is 0 Å². The molecule has 6 heteroatoms. The number of aryl methyl sites for hydroxylation is 1. The molecule has 4 aromatic rings. The summed E-state index contributed by atoms with van der Waals surface area (Å²) in [4.78, 5) is 14.6. The van der Waals surface area contributed by atoms with E-state index >= 15 is 0 Å². The molecule has 4 rings (SSSR count). The van der Waals surface area contributed by atoms with Gasteiger partial charge in [0.1, 0.15) is 22.2 Å². The summed E-state index contributed by atoms with van der Waals surface area (Å²) in [6.07, 6.45) is 1.73. The van der Waals surface area contributed by atoms with Crippen molar-refractivity contribution in [2.75, 3.05) is 5.32 Å². The summed E-state index contributed by atoms with van der Waals surface area (Å²) in [7, 11) is 0. The number of anilines is 1. The molecule has 0 bridgehead atoms. The van der Waals surface area contributed by atoms with Crippen molar-refractivity contribution in [1.82, 2.24) is 15.0 Å². The van der Waals surface area contributed by atoms with E-state index in [4.69, 9.17) is 0 Å². The number of halogens is 1. The number of thiophene rings is 1. The van der Waals surface area contributed by atoms with Crippen molar-refractivity contribution < 1.29 is 4.39 Å². The summed E-state index contributed by atoms with van der Waals surface area (Å²) in [5.74, 6) is 1.13. The fourth-order valence-electron chi connectivity index (χ4n) is 2.61. The lowest BCUT2D eigenvalue weighted by Gasteiger charge is -2.10. The Balaban J connectivity index is 1.73. The van der Waals surface area contributed by atoms with Crippen LogP contribution in [0.3, 0.4) is 0 Å². The van der Waals surface area contributed by atoms with Crippen LogP contribution in [0.25, 0.3) is 21.7 Å². The van der Waals surface area contributed by atoms with Crippen LogP contribution in [-0.2, 0) is 6.54 Å². The zero-order valence-electron chi connectivity index (χ0n) is 13.5. The average Bonchev–Trinajstić information content (AvgIpc) is 3.03. The highest BCUT2D eigenvalue weighted by atomic mass is 32.1. The van der Waals surface area contributed by atoms with Crippen LogP contribution in [0.1, 0.15) is 11.1 Å². The highest BCUT2D eigenvalue weighted by Crippen LogP contribution is 2.31. The Labute approximate surface area is 148 Å². The summed E-state index contributed by atoms with van der Waals surface area (Å²) in [5.41, 5.74) is 2.86. The van der Waals surface area contributed by atoms with Gasteiger partial charge in [-0.25, -0.2) is 14.4 Å². The van der Waals surface area contributed by atoms with Crippen LogP contribution >= 0.6 is 11.3 Å². The number of nitrogens with one attached hydrogen (secondary N) is 1. The standard InChI is InChI=1S/C19H15FN4S/c1-12-11-25-19-16(12)18(22-10-13-5-7-14(20)8-6-13)23-17(24-19)15-4-2-3-9-21-15/h2-9,11H,10H2,1H3,(H,22,23,24). The van der Waals surface area contributed by atoms with E-state index in [1.54, 1.807) is 29.7 Å². The predicted molar refractivity (Wildman–Crippen MR) is 99.1 cm³/mol. The van der Waals surface area contributed by atoms with E-state index in [2.05, 4.69) is 25.6 Å². The Morgan fingerprint density at radius 2 is 1.92 bits per heavy atom. The fourth-order valence-corrected chi connectivity index (χ4v) is 3.53. The van der Waals surface area contributed by atoms with E-state index < -0.39 is 0 Å². The third-order valence-corrected chi connectivity index (χ3v) is 4.87. The van der Waals surface area contributed by atoms with Crippen LogP contribution in [0.5, 0.6) is 0 Å². The van der Waals surface area contributed by atoms with Crippen molar-refractivity contribution in [3.8, 4) is 11.5 Å². The molecule has 0 spiro atoms. The topological polar surface area (TPSA) is 50.7 Å². The maximum Gasteiger partial charge on any atom is 0.181 e. The number of pyridine rings is 1. The first-order valence-corrected chi connectivity index (χ1v) is 8.74. The van der Waals surface area contributed by atoms with Crippen LogP contribution in [-0.4, -0.2) is 15.0 Å². The number of nitrogens with zero attached hydrogens (tertiary/aromatic N) is 3. The Hall–Kier alpha value is -2.86. The first-order valence-electron chi connectivity index (χ1n) is 7.86. The zero-order chi connectivity index (χ0) is 17.2. The average molecular weight is 350 g/mol. The van der Waals surface area contributed by atoms with Crippen LogP contribution < -0.4 is 5.32 Å². The molecule has 0 aliphatic heterocycles. The lowest BCUT2D eigenvalue weighted by molar-refractivity contribution is 0.627. The zero-order valence-corrected chi connectivity index (χ0v) is 14.3. The second kappa shape index (κ2) is 6.57. The normalized spacial score (nSPS) is 11.0. The van der Waals surface area contributed by atoms with Gasteiger partial charge < -0.3 is 5.32 Å². The van der Waals surface area contributed by atoms with E-state index in [0.29, 0.717) is 12.4 Å². The first-order chi connectivity index (χ1) is 12.2. The predicted octanol–water partition coefficient (Wildman–Crippen LogP) is 4.81. The molecule has 0 saturated heterocycles. The number of hydrogen-bond donors (Lipinski definition) is 1. The Morgan fingerprint density at radius 1 is 1.08 bits per heavy atom. The molecule has 0 radical (unpaired) electrons. The lowest BCUT2D eigenvalue weighted by Crippen LogP contribution is -2.04. The SMILES string of the molecule is Cc1csc2nc(-c3ccccn3)nc(NCc3ccc(F)cc3)c12. The lowest BCUT2D eigenvalue weighted by atomic mass is 10.2. The van der Waals surface area contributed by atoms with Gasteiger partial charge in [0, 0.05) is 12.7 Å². The second-order valence-corrected chi connectivity index (χ2v) is 6.55. The van der Waals surface area contributed by atoms with E-state index in [1.807, 2.05) is 25.1 Å². The molecule has 0 amide bonds. The summed E-state index contributed by atoms with van der Waals surface area (Å²) in [5, 5.41) is 6.46. The Bertz CT molecular complexity index is 1010. The molecule has 1 aromatic carbocycles. The highest BCUT2D eigenvalue weighted by molar-refractivity contribution is 7.17. The third kappa shape index (κ3) is 3.21. The van der Waals surface area contributed by atoms with Gasteiger partial charge >= 0.3 is 0 Å². The maximum absolute atomic E-state index is 13.1. The molecule has 4 nitrogen and oxygen atoms in total. The van der Waals surface area contributed by atoms with E-state index in [0.717, 1.165) is 32.9 Å². The molecule has 3 heterocycles. The molecule has 25 heavy (non-hydrogen) atoms. The smallest absolute Gasteiger partial charge is 0.181 e. The van der Waals surface area contributed by atoms with Crippen molar-refractivity contribution >= 4 is 27.4 Å². The number of aromatic nitrogens is 3.